The van der Waals surface area contributed by atoms with Crippen molar-refractivity contribution in [1.82, 2.24) is 4.98 Å². The maximum atomic E-state index is 12.6. The average molecular weight is 401 g/mol. The Morgan fingerprint density at radius 3 is 2.55 bits per heavy atom. The third-order valence-corrected chi connectivity index (χ3v) is 5.98. The van der Waals surface area contributed by atoms with Crippen molar-refractivity contribution in [1.29, 1.82) is 0 Å². The van der Waals surface area contributed by atoms with Crippen molar-refractivity contribution >= 4 is 33.3 Å². The van der Waals surface area contributed by atoms with E-state index in [2.05, 4.69) is 10.3 Å². The van der Waals surface area contributed by atoms with Gasteiger partial charge in [-0.05, 0) is 41.5 Å². The molecule has 4 aromatic rings. The Morgan fingerprint density at radius 2 is 1.69 bits per heavy atom. The van der Waals surface area contributed by atoms with Crippen LogP contribution in [-0.4, -0.2) is 15.1 Å². The fourth-order valence-corrected chi connectivity index (χ4v) is 4.34. The van der Waals surface area contributed by atoms with Gasteiger partial charge >= 0.3 is 0 Å². The van der Waals surface area contributed by atoms with E-state index in [9.17, 15) is 9.00 Å². The van der Waals surface area contributed by atoms with Crippen LogP contribution in [0, 0.1) is 0 Å². The number of anilines is 1. The van der Waals surface area contributed by atoms with E-state index in [1.54, 1.807) is 6.20 Å². The molecule has 1 heterocycles. The van der Waals surface area contributed by atoms with Crippen LogP contribution in [0.4, 0.5) is 5.69 Å². The summed E-state index contributed by atoms with van der Waals surface area (Å²) in [7, 11) is -1.12. The molecule has 1 atom stereocenters. The molecule has 0 aliphatic heterocycles. The maximum Gasteiger partial charge on any atom is 0.228 e. The molecule has 0 aliphatic rings. The third kappa shape index (κ3) is 4.76. The first-order chi connectivity index (χ1) is 14.2. The molecule has 144 valence electrons. The number of nitrogens with one attached hydrogen (secondary N) is 1. The highest BCUT2D eigenvalue weighted by molar-refractivity contribution is 7.84. The molecule has 0 bridgehead atoms. The van der Waals surface area contributed by atoms with Crippen LogP contribution in [0.25, 0.3) is 10.9 Å². The minimum absolute atomic E-state index is 0.107. The second-order valence-electron chi connectivity index (χ2n) is 6.72. The van der Waals surface area contributed by atoms with E-state index in [0.29, 0.717) is 11.4 Å². The fraction of sp³-hybridized carbons (Fsp3) is 0.0833. The zero-order valence-corrected chi connectivity index (χ0v) is 16.6. The fourth-order valence-electron chi connectivity index (χ4n) is 3.23. The van der Waals surface area contributed by atoms with Crippen molar-refractivity contribution in [2.24, 2.45) is 0 Å². The highest BCUT2D eigenvalue weighted by atomic mass is 32.2. The van der Waals surface area contributed by atoms with E-state index in [1.807, 2.05) is 84.9 Å². The molecule has 0 fully saturated rings. The summed E-state index contributed by atoms with van der Waals surface area (Å²) in [6.45, 7) is 0. The lowest BCUT2D eigenvalue weighted by Crippen LogP contribution is -2.15. The number of rotatable bonds is 6. The molecule has 0 spiro atoms. The molecular formula is C24H20N2O2S. The van der Waals surface area contributed by atoms with Crippen molar-refractivity contribution < 1.29 is 9.00 Å². The van der Waals surface area contributed by atoms with Gasteiger partial charge in [-0.2, -0.15) is 0 Å². The summed E-state index contributed by atoms with van der Waals surface area (Å²) in [5, 5.41) is 3.96. The highest BCUT2D eigenvalue weighted by Crippen LogP contribution is 2.19. The Morgan fingerprint density at radius 1 is 0.897 bits per heavy atom. The Kier molecular flexibility index (Phi) is 5.77. The van der Waals surface area contributed by atoms with Crippen molar-refractivity contribution in [3.05, 3.63) is 102 Å². The number of benzene rings is 3. The zero-order chi connectivity index (χ0) is 20.1. The highest BCUT2D eigenvalue weighted by Gasteiger charge is 2.10. The van der Waals surface area contributed by atoms with Crippen LogP contribution in [0.1, 0.15) is 11.1 Å². The van der Waals surface area contributed by atoms with Crippen LogP contribution in [-0.2, 0) is 27.8 Å². The Labute approximate surface area is 172 Å². The largest absolute Gasteiger partial charge is 0.326 e. The summed E-state index contributed by atoms with van der Waals surface area (Å²) in [4.78, 5) is 17.8. The Hall–Kier alpha value is -3.31. The quantitative estimate of drug-likeness (QED) is 0.509. The van der Waals surface area contributed by atoms with Crippen LogP contribution < -0.4 is 5.32 Å². The number of para-hydroxylation sites is 1. The lowest BCUT2D eigenvalue weighted by Gasteiger charge is -2.09. The number of hydrogen-bond acceptors (Lipinski definition) is 3. The Balaban J connectivity index is 1.45. The molecule has 0 aliphatic carbocycles. The van der Waals surface area contributed by atoms with Crippen molar-refractivity contribution in [3.63, 3.8) is 0 Å². The lowest BCUT2D eigenvalue weighted by atomic mass is 10.1. The first-order valence-corrected chi connectivity index (χ1v) is 10.7. The number of nitrogens with zero attached hydrogens (tertiary/aromatic N) is 1. The van der Waals surface area contributed by atoms with Crippen molar-refractivity contribution in [2.75, 3.05) is 5.32 Å². The van der Waals surface area contributed by atoms with E-state index >= 15 is 0 Å². The second-order valence-corrected chi connectivity index (χ2v) is 8.17. The minimum atomic E-state index is -1.12. The molecule has 1 amide bonds. The topological polar surface area (TPSA) is 59.1 Å². The van der Waals surface area contributed by atoms with Gasteiger partial charge in [0.15, 0.2) is 0 Å². The van der Waals surface area contributed by atoms with Crippen molar-refractivity contribution in [2.45, 2.75) is 17.1 Å². The zero-order valence-electron chi connectivity index (χ0n) is 15.7. The summed E-state index contributed by atoms with van der Waals surface area (Å²) < 4.78 is 12.5. The number of pyridine rings is 1. The molecule has 0 saturated carbocycles. The number of amides is 1. The number of fused-ring (bicyclic) bond motifs is 1. The third-order valence-electron chi connectivity index (χ3n) is 4.58. The summed E-state index contributed by atoms with van der Waals surface area (Å²) in [5.74, 6) is 0.297. The SMILES string of the molecule is O=C(Cc1cccc2cccnc12)Nc1cccc(CS(=O)c2ccccc2)c1. The van der Waals surface area contributed by atoms with Gasteiger partial charge in [-0.1, -0.05) is 54.6 Å². The smallest absolute Gasteiger partial charge is 0.228 e. The molecule has 4 rings (SSSR count). The predicted molar refractivity (Wildman–Crippen MR) is 117 cm³/mol. The van der Waals surface area contributed by atoms with Gasteiger partial charge in [-0.25, -0.2) is 0 Å². The van der Waals surface area contributed by atoms with E-state index in [4.69, 9.17) is 0 Å². The minimum Gasteiger partial charge on any atom is -0.326 e. The van der Waals surface area contributed by atoms with E-state index in [1.165, 1.54) is 0 Å². The predicted octanol–water partition coefficient (Wildman–Crippen LogP) is 4.72. The van der Waals surface area contributed by atoms with Crippen LogP contribution in [0.2, 0.25) is 0 Å². The molecule has 29 heavy (non-hydrogen) atoms. The normalized spacial score (nSPS) is 11.9. The van der Waals surface area contributed by atoms with Gasteiger partial charge in [0.1, 0.15) is 0 Å². The van der Waals surface area contributed by atoms with E-state index in [0.717, 1.165) is 26.9 Å². The van der Waals surface area contributed by atoms with Gasteiger partial charge in [-0.15, -0.1) is 0 Å². The number of aromatic nitrogens is 1. The summed E-state index contributed by atoms with van der Waals surface area (Å²) in [6.07, 6.45) is 1.98. The first kappa shape index (κ1) is 19.0. The molecule has 4 nitrogen and oxygen atoms in total. The standard InChI is InChI=1S/C24H20N2O2S/c27-23(16-20-9-5-8-19-10-6-14-25-24(19)20)26-21-11-4-7-18(15-21)17-29(28)22-12-2-1-3-13-22/h1-15H,16-17H2,(H,26,27). The van der Waals surface area contributed by atoms with Crippen molar-refractivity contribution in [3.8, 4) is 0 Å². The van der Waals surface area contributed by atoms with Gasteiger partial charge < -0.3 is 5.32 Å². The van der Waals surface area contributed by atoms with Crippen LogP contribution >= 0.6 is 0 Å². The van der Waals surface area contributed by atoms with Crippen LogP contribution in [0.3, 0.4) is 0 Å². The number of carbonyl (C=O) groups excluding carboxylic acids is 1. The van der Waals surface area contributed by atoms with Crippen LogP contribution in [0.15, 0.2) is 96.0 Å². The molecule has 1 unspecified atom stereocenters. The molecule has 5 heteroatoms. The molecule has 0 saturated heterocycles. The second kappa shape index (κ2) is 8.80. The van der Waals surface area contributed by atoms with Gasteiger partial charge in [0, 0.05) is 22.2 Å². The lowest BCUT2D eigenvalue weighted by molar-refractivity contribution is -0.115. The molecule has 1 aromatic heterocycles. The van der Waals surface area contributed by atoms with Gasteiger partial charge in [0.25, 0.3) is 0 Å². The van der Waals surface area contributed by atoms with Crippen LogP contribution in [0.5, 0.6) is 0 Å². The van der Waals surface area contributed by atoms with Gasteiger partial charge in [0.2, 0.25) is 5.91 Å². The number of carbonyl (C=O) groups is 1. The Bertz CT molecular complexity index is 1170. The summed E-state index contributed by atoms with van der Waals surface area (Å²) in [6, 6.07) is 26.6. The molecule has 0 radical (unpaired) electrons. The monoisotopic (exact) mass is 400 g/mol. The summed E-state index contributed by atoms with van der Waals surface area (Å²) >= 11 is 0. The molecule has 3 aromatic carbocycles. The summed E-state index contributed by atoms with van der Waals surface area (Å²) in [5.41, 5.74) is 3.35. The maximum absolute atomic E-state index is 12.6. The van der Waals surface area contributed by atoms with Gasteiger partial charge in [-0.3, -0.25) is 14.0 Å². The van der Waals surface area contributed by atoms with E-state index in [-0.39, 0.29) is 12.3 Å². The average Bonchev–Trinajstić information content (AvgIpc) is 2.75. The number of hydrogen-bond donors (Lipinski definition) is 1. The first-order valence-electron chi connectivity index (χ1n) is 9.34. The van der Waals surface area contributed by atoms with E-state index < -0.39 is 10.8 Å². The molecule has 1 N–H and O–H groups in total. The molecular weight excluding hydrogens is 380 g/mol. The van der Waals surface area contributed by atoms with Gasteiger partial charge in [0.05, 0.1) is 28.5 Å².